The van der Waals surface area contributed by atoms with Crippen molar-refractivity contribution in [3.63, 3.8) is 0 Å². The van der Waals surface area contributed by atoms with E-state index >= 15 is 0 Å². The molecule has 2 aromatic rings. The van der Waals surface area contributed by atoms with Crippen molar-refractivity contribution >= 4 is 0 Å². The SMILES string of the molecule is Cc1ccc([C@H](C)NCc2cncc(F)c2)cc1. The highest BCUT2D eigenvalue weighted by Crippen LogP contribution is 2.13. The van der Waals surface area contributed by atoms with Crippen molar-refractivity contribution in [1.29, 1.82) is 0 Å². The first-order valence-electron chi connectivity index (χ1n) is 6.04. The van der Waals surface area contributed by atoms with Crippen LogP contribution in [0.2, 0.25) is 0 Å². The number of aryl methyl sites for hydroxylation is 1. The highest BCUT2D eigenvalue weighted by Gasteiger charge is 2.04. The lowest BCUT2D eigenvalue weighted by Crippen LogP contribution is -2.18. The van der Waals surface area contributed by atoms with Gasteiger partial charge in [-0.2, -0.15) is 0 Å². The van der Waals surface area contributed by atoms with Crippen LogP contribution in [0.4, 0.5) is 4.39 Å². The molecule has 18 heavy (non-hydrogen) atoms. The third kappa shape index (κ3) is 3.37. The summed E-state index contributed by atoms with van der Waals surface area (Å²) in [6.07, 6.45) is 2.89. The van der Waals surface area contributed by atoms with Gasteiger partial charge in [0.15, 0.2) is 0 Å². The van der Waals surface area contributed by atoms with E-state index in [-0.39, 0.29) is 11.9 Å². The Hall–Kier alpha value is -1.74. The summed E-state index contributed by atoms with van der Waals surface area (Å²) in [7, 11) is 0. The van der Waals surface area contributed by atoms with Crippen molar-refractivity contribution in [2.75, 3.05) is 0 Å². The van der Waals surface area contributed by atoms with Crippen molar-refractivity contribution < 1.29 is 4.39 Å². The van der Waals surface area contributed by atoms with E-state index in [2.05, 4.69) is 48.4 Å². The van der Waals surface area contributed by atoms with E-state index in [0.717, 1.165) is 5.56 Å². The molecule has 0 unspecified atom stereocenters. The van der Waals surface area contributed by atoms with Crippen LogP contribution < -0.4 is 5.32 Å². The molecule has 1 aromatic heterocycles. The van der Waals surface area contributed by atoms with Crippen LogP contribution in [-0.4, -0.2) is 4.98 Å². The van der Waals surface area contributed by atoms with Gasteiger partial charge in [0.25, 0.3) is 0 Å². The summed E-state index contributed by atoms with van der Waals surface area (Å²) in [6.45, 7) is 4.78. The zero-order chi connectivity index (χ0) is 13.0. The average Bonchev–Trinajstić information content (AvgIpc) is 2.37. The standard InChI is InChI=1S/C15H17FN2/c1-11-3-5-14(6-4-11)12(2)18-9-13-7-15(16)10-17-8-13/h3-8,10,12,18H,9H2,1-2H3/t12-/m0/s1. The van der Waals surface area contributed by atoms with Crippen LogP contribution in [-0.2, 0) is 6.54 Å². The summed E-state index contributed by atoms with van der Waals surface area (Å²) < 4.78 is 13.0. The number of aromatic nitrogens is 1. The zero-order valence-corrected chi connectivity index (χ0v) is 10.7. The van der Waals surface area contributed by atoms with Crippen LogP contribution in [0.3, 0.4) is 0 Å². The van der Waals surface area contributed by atoms with Gasteiger partial charge in [0, 0.05) is 18.8 Å². The lowest BCUT2D eigenvalue weighted by Gasteiger charge is -2.14. The number of hydrogen-bond acceptors (Lipinski definition) is 2. The van der Waals surface area contributed by atoms with Crippen molar-refractivity contribution in [3.8, 4) is 0 Å². The molecule has 0 amide bonds. The second kappa shape index (κ2) is 5.74. The third-order valence-corrected chi connectivity index (χ3v) is 2.95. The summed E-state index contributed by atoms with van der Waals surface area (Å²) in [4.78, 5) is 3.83. The maximum Gasteiger partial charge on any atom is 0.141 e. The van der Waals surface area contributed by atoms with Gasteiger partial charge in [-0.25, -0.2) is 4.39 Å². The fourth-order valence-electron chi connectivity index (χ4n) is 1.80. The van der Waals surface area contributed by atoms with Gasteiger partial charge in [0.2, 0.25) is 0 Å². The fourth-order valence-corrected chi connectivity index (χ4v) is 1.80. The predicted molar refractivity (Wildman–Crippen MR) is 70.6 cm³/mol. The Morgan fingerprint density at radius 3 is 2.61 bits per heavy atom. The topological polar surface area (TPSA) is 24.9 Å². The van der Waals surface area contributed by atoms with Crippen molar-refractivity contribution in [2.45, 2.75) is 26.4 Å². The molecule has 1 N–H and O–H groups in total. The number of pyridine rings is 1. The fraction of sp³-hybridized carbons (Fsp3) is 0.267. The molecule has 0 aliphatic heterocycles. The van der Waals surface area contributed by atoms with E-state index in [0.29, 0.717) is 6.54 Å². The first kappa shape index (κ1) is 12.7. The van der Waals surface area contributed by atoms with Gasteiger partial charge >= 0.3 is 0 Å². The van der Waals surface area contributed by atoms with E-state index in [1.54, 1.807) is 6.20 Å². The summed E-state index contributed by atoms with van der Waals surface area (Å²) >= 11 is 0. The molecule has 94 valence electrons. The Morgan fingerprint density at radius 2 is 1.94 bits per heavy atom. The number of rotatable bonds is 4. The quantitative estimate of drug-likeness (QED) is 0.891. The van der Waals surface area contributed by atoms with E-state index in [1.165, 1.54) is 23.4 Å². The van der Waals surface area contributed by atoms with Gasteiger partial charge in [-0.3, -0.25) is 4.98 Å². The molecule has 0 radical (unpaired) electrons. The Labute approximate surface area is 107 Å². The van der Waals surface area contributed by atoms with E-state index in [1.807, 2.05) is 0 Å². The molecule has 0 aliphatic carbocycles. The smallest absolute Gasteiger partial charge is 0.141 e. The molecular formula is C15H17FN2. The summed E-state index contributed by atoms with van der Waals surface area (Å²) in [5.41, 5.74) is 3.33. The highest BCUT2D eigenvalue weighted by atomic mass is 19.1. The summed E-state index contributed by atoms with van der Waals surface area (Å²) in [5.74, 6) is -0.294. The molecule has 0 aliphatic rings. The Morgan fingerprint density at radius 1 is 1.22 bits per heavy atom. The van der Waals surface area contributed by atoms with Crippen molar-refractivity contribution in [3.05, 3.63) is 65.2 Å². The molecule has 0 spiro atoms. The van der Waals surface area contributed by atoms with E-state index in [9.17, 15) is 4.39 Å². The van der Waals surface area contributed by atoms with Crippen LogP contribution in [0.15, 0.2) is 42.7 Å². The van der Waals surface area contributed by atoms with Gasteiger partial charge < -0.3 is 5.32 Å². The van der Waals surface area contributed by atoms with E-state index < -0.39 is 0 Å². The van der Waals surface area contributed by atoms with Crippen LogP contribution in [0.1, 0.15) is 29.7 Å². The minimum Gasteiger partial charge on any atom is -0.306 e. The molecule has 1 aromatic carbocycles. The van der Waals surface area contributed by atoms with Gasteiger partial charge in [-0.05, 0) is 31.0 Å². The molecular weight excluding hydrogens is 227 g/mol. The largest absolute Gasteiger partial charge is 0.306 e. The first-order valence-corrected chi connectivity index (χ1v) is 6.04. The Bertz CT molecular complexity index is 508. The molecule has 0 saturated heterocycles. The number of nitrogens with zero attached hydrogens (tertiary/aromatic N) is 1. The second-order valence-corrected chi connectivity index (χ2v) is 4.52. The molecule has 2 rings (SSSR count). The van der Waals surface area contributed by atoms with Gasteiger partial charge in [-0.15, -0.1) is 0 Å². The predicted octanol–water partition coefficient (Wildman–Crippen LogP) is 3.38. The summed E-state index contributed by atoms with van der Waals surface area (Å²) in [6, 6.07) is 10.1. The zero-order valence-electron chi connectivity index (χ0n) is 10.7. The van der Waals surface area contributed by atoms with Crippen molar-refractivity contribution in [1.82, 2.24) is 10.3 Å². The first-order chi connectivity index (χ1) is 8.65. The van der Waals surface area contributed by atoms with Gasteiger partial charge in [-0.1, -0.05) is 29.8 Å². The lowest BCUT2D eigenvalue weighted by molar-refractivity contribution is 0.566. The monoisotopic (exact) mass is 244 g/mol. The number of hydrogen-bond donors (Lipinski definition) is 1. The van der Waals surface area contributed by atoms with Gasteiger partial charge in [0.1, 0.15) is 5.82 Å². The minimum atomic E-state index is -0.294. The minimum absolute atomic E-state index is 0.230. The summed E-state index contributed by atoms with van der Waals surface area (Å²) in [5, 5.41) is 3.36. The normalized spacial score (nSPS) is 12.4. The van der Waals surface area contributed by atoms with Crippen LogP contribution in [0.5, 0.6) is 0 Å². The Kier molecular flexibility index (Phi) is 4.05. The van der Waals surface area contributed by atoms with Crippen LogP contribution in [0.25, 0.3) is 0 Å². The molecule has 3 heteroatoms. The maximum atomic E-state index is 13.0. The molecule has 1 heterocycles. The molecule has 2 nitrogen and oxygen atoms in total. The lowest BCUT2D eigenvalue weighted by atomic mass is 10.1. The molecule has 1 atom stereocenters. The van der Waals surface area contributed by atoms with Crippen LogP contribution in [0, 0.1) is 12.7 Å². The third-order valence-electron chi connectivity index (χ3n) is 2.95. The Balaban J connectivity index is 1.96. The molecule has 0 bridgehead atoms. The molecule has 0 saturated carbocycles. The second-order valence-electron chi connectivity index (χ2n) is 4.52. The number of benzene rings is 1. The van der Waals surface area contributed by atoms with Gasteiger partial charge in [0.05, 0.1) is 6.20 Å². The van der Waals surface area contributed by atoms with Crippen LogP contribution >= 0.6 is 0 Å². The average molecular weight is 244 g/mol. The maximum absolute atomic E-state index is 13.0. The molecule has 0 fully saturated rings. The van der Waals surface area contributed by atoms with Crippen molar-refractivity contribution in [2.24, 2.45) is 0 Å². The van der Waals surface area contributed by atoms with E-state index in [4.69, 9.17) is 0 Å². The number of nitrogens with one attached hydrogen (secondary N) is 1. The number of halogens is 1. The highest BCUT2D eigenvalue weighted by molar-refractivity contribution is 5.23.